The lowest BCUT2D eigenvalue weighted by Crippen LogP contribution is -2.29. The van der Waals surface area contributed by atoms with Crippen LogP contribution in [0.5, 0.6) is 5.88 Å². The fourth-order valence-corrected chi connectivity index (χ4v) is 4.61. The van der Waals surface area contributed by atoms with Crippen LogP contribution >= 0.6 is 0 Å². The van der Waals surface area contributed by atoms with Crippen molar-refractivity contribution in [3.8, 4) is 11.9 Å². The summed E-state index contributed by atoms with van der Waals surface area (Å²) in [5.41, 5.74) is 10.6. The molecule has 1 aromatic carbocycles. The molecule has 1 aromatic heterocycles. The van der Waals surface area contributed by atoms with Crippen LogP contribution in [-0.2, 0) is 5.54 Å². The summed E-state index contributed by atoms with van der Waals surface area (Å²) in [6.45, 7) is 12.7. The normalized spacial score (nSPS) is 19.3. The molecule has 2 aliphatic rings. The summed E-state index contributed by atoms with van der Waals surface area (Å²) in [4.78, 5) is 2.44. The Morgan fingerprint density at radius 2 is 1.77 bits per heavy atom. The van der Waals surface area contributed by atoms with Crippen LogP contribution < -0.4 is 15.4 Å². The van der Waals surface area contributed by atoms with Crippen molar-refractivity contribution in [2.75, 3.05) is 18.0 Å². The van der Waals surface area contributed by atoms with Crippen molar-refractivity contribution in [3.63, 3.8) is 0 Å². The van der Waals surface area contributed by atoms with Crippen LogP contribution in [0.1, 0.15) is 82.5 Å². The van der Waals surface area contributed by atoms with E-state index < -0.39 is 0 Å². The van der Waals surface area contributed by atoms with Gasteiger partial charge in [-0.05, 0) is 63.6 Å². The van der Waals surface area contributed by atoms with Crippen LogP contribution in [0.2, 0.25) is 0 Å². The maximum Gasteiger partial charge on any atom is 0.224 e. The maximum absolute atomic E-state index is 9.97. The van der Waals surface area contributed by atoms with Gasteiger partial charge in [-0.3, -0.25) is 0 Å². The van der Waals surface area contributed by atoms with Gasteiger partial charge in [-0.15, -0.1) is 0 Å². The topological polar surface area (TPSA) is 80.1 Å². The van der Waals surface area contributed by atoms with E-state index in [1.54, 1.807) is 0 Å². The summed E-state index contributed by atoms with van der Waals surface area (Å²) >= 11 is 0. The number of anilines is 1. The summed E-state index contributed by atoms with van der Waals surface area (Å²) in [5.74, 6) is 0.728. The largest absolute Gasteiger partial charge is 0.422 e. The number of rotatable bonds is 3. The van der Waals surface area contributed by atoms with Crippen LogP contribution in [0, 0.1) is 11.3 Å². The predicted octanol–water partition coefficient (Wildman–Crippen LogP) is 4.97. The molecular formula is C25H33N5O. The van der Waals surface area contributed by atoms with Crippen molar-refractivity contribution in [3.05, 3.63) is 52.5 Å². The highest BCUT2D eigenvalue weighted by Gasteiger charge is 2.39. The van der Waals surface area contributed by atoms with Crippen molar-refractivity contribution in [2.24, 2.45) is 5.73 Å². The second kappa shape index (κ2) is 7.96. The first-order chi connectivity index (χ1) is 14.7. The number of allylic oxidation sites excluding steroid dienone is 1. The Morgan fingerprint density at radius 1 is 1.13 bits per heavy atom. The molecule has 0 saturated carbocycles. The van der Waals surface area contributed by atoms with E-state index >= 15 is 0 Å². The highest BCUT2D eigenvalue weighted by Crippen LogP contribution is 2.47. The number of benzene rings is 1. The third kappa shape index (κ3) is 3.78. The first kappa shape index (κ1) is 21.3. The minimum atomic E-state index is -0.280. The minimum Gasteiger partial charge on any atom is -0.422 e. The van der Waals surface area contributed by atoms with Crippen LogP contribution in [0.4, 0.5) is 5.69 Å². The Balaban J connectivity index is 1.84. The number of nitrogens with zero attached hydrogens (tertiary/aromatic N) is 4. The lowest BCUT2D eigenvalue weighted by atomic mass is 9.82. The first-order valence-corrected chi connectivity index (χ1v) is 11.3. The predicted molar refractivity (Wildman–Crippen MR) is 123 cm³/mol. The smallest absolute Gasteiger partial charge is 0.224 e. The molecule has 6 nitrogen and oxygen atoms in total. The van der Waals surface area contributed by atoms with Gasteiger partial charge in [0, 0.05) is 18.8 Å². The second-order valence-electron chi connectivity index (χ2n) is 9.91. The lowest BCUT2D eigenvalue weighted by Gasteiger charge is -2.30. The van der Waals surface area contributed by atoms with Gasteiger partial charge in [0.05, 0.1) is 22.7 Å². The van der Waals surface area contributed by atoms with Crippen molar-refractivity contribution in [2.45, 2.75) is 71.3 Å². The fourth-order valence-electron chi connectivity index (χ4n) is 4.61. The van der Waals surface area contributed by atoms with Gasteiger partial charge in [-0.1, -0.05) is 26.0 Å². The summed E-state index contributed by atoms with van der Waals surface area (Å²) in [6.07, 6.45) is 3.80. The average molecular weight is 420 g/mol. The summed E-state index contributed by atoms with van der Waals surface area (Å²) in [6, 6.07) is 10.9. The van der Waals surface area contributed by atoms with E-state index in [-0.39, 0.29) is 23.3 Å². The SMILES string of the molecule is CC(C)c1nn(C(C)(C)C)c2c1C(c1ccc(N3CCCCC3)cc1)C(C#N)=C(N)O2. The number of hydrogen-bond acceptors (Lipinski definition) is 5. The lowest BCUT2D eigenvalue weighted by molar-refractivity contribution is 0.277. The van der Waals surface area contributed by atoms with E-state index in [9.17, 15) is 5.26 Å². The zero-order valence-corrected chi connectivity index (χ0v) is 19.3. The van der Waals surface area contributed by atoms with Gasteiger partial charge < -0.3 is 15.4 Å². The Bertz CT molecular complexity index is 1030. The Hall–Kier alpha value is -2.94. The van der Waals surface area contributed by atoms with Crippen LogP contribution in [-0.4, -0.2) is 22.9 Å². The standard InChI is InChI=1S/C25H33N5O/c1-16(2)22-21-20(17-9-11-18(12-10-17)29-13-7-6-8-14-29)19(15-26)23(27)31-24(21)30(28-22)25(3,4)5/h9-12,16,20H,6-8,13-14,27H2,1-5H3. The van der Waals surface area contributed by atoms with Gasteiger partial charge in [0.25, 0.3) is 0 Å². The molecule has 1 saturated heterocycles. The molecule has 3 heterocycles. The minimum absolute atomic E-state index is 0.167. The first-order valence-electron chi connectivity index (χ1n) is 11.3. The molecule has 164 valence electrons. The molecule has 0 bridgehead atoms. The van der Waals surface area contributed by atoms with E-state index in [4.69, 9.17) is 15.6 Å². The zero-order valence-electron chi connectivity index (χ0n) is 19.3. The van der Waals surface area contributed by atoms with E-state index in [1.165, 1.54) is 24.9 Å². The van der Waals surface area contributed by atoms with E-state index in [1.807, 2.05) is 4.68 Å². The monoisotopic (exact) mass is 419 g/mol. The molecule has 31 heavy (non-hydrogen) atoms. The van der Waals surface area contributed by atoms with Gasteiger partial charge >= 0.3 is 0 Å². The van der Waals surface area contributed by atoms with Crippen LogP contribution in [0.3, 0.4) is 0 Å². The highest BCUT2D eigenvalue weighted by atomic mass is 16.5. The molecule has 2 N–H and O–H groups in total. The Morgan fingerprint density at radius 3 is 2.32 bits per heavy atom. The average Bonchev–Trinajstić information content (AvgIpc) is 3.13. The van der Waals surface area contributed by atoms with Gasteiger partial charge in [-0.2, -0.15) is 10.4 Å². The van der Waals surface area contributed by atoms with Crippen molar-refractivity contribution >= 4 is 5.69 Å². The quantitative estimate of drug-likeness (QED) is 0.760. The van der Waals surface area contributed by atoms with E-state index in [0.717, 1.165) is 29.9 Å². The number of ether oxygens (including phenoxy) is 1. The number of aromatic nitrogens is 2. The molecule has 0 radical (unpaired) electrons. The summed E-state index contributed by atoms with van der Waals surface area (Å²) < 4.78 is 7.93. The van der Waals surface area contributed by atoms with Crippen molar-refractivity contribution < 1.29 is 4.74 Å². The Kier molecular flexibility index (Phi) is 5.47. The van der Waals surface area contributed by atoms with E-state index in [0.29, 0.717) is 11.5 Å². The zero-order chi connectivity index (χ0) is 22.3. The Labute approximate surface area is 185 Å². The van der Waals surface area contributed by atoms with Crippen LogP contribution in [0.15, 0.2) is 35.7 Å². The van der Waals surface area contributed by atoms with Gasteiger partial charge in [0.2, 0.25) is 11.8 Å². The maximum atomic E-state index is 9.97. The number of hydrogen-bond donors (Lipinski definition) is 1. The van der Waals surface area contributed by atoms with E-state index in [2.05, 4.69) is 69.9 Å². The summed E-state index contributed by atoms with van der Waals surface area (Å²) in [7, 11) is 0. The summed E-state index contributed by atoms with van der Waals surface area (Å²) in [5, 5.41) is 14.9. The molecule has 1 atom stereocenters. The molecule has 1 fully saturated rings. The molecule has 0 spiro atoms. The van der Waals surface area contributed by atoms with Gasteiger partial charge in [-0.25, -0.2) is 4.68 Å². The molecule has 6 heteroatoms. The van der Waals surface area contributed by atoms with Gasteiger partial charge in [0.15, 0.2) is 0 Å². The van der Waals surface area contributed by atoms with Crippen molar-refractivity contribution in [1.29, 1.82) is 5.26 Å². The number of fused-ring (bicyclic) bond motifs is 1. The second-order valence-corrected chi connectivity index (χ2v) is 9.91. The molecule has 0 amide bonds. The molecule has 2 aliphatic heterocycles. The number of nitriles is 1. The molecule has 0 aliphatic carbocycles. The van der Waals surface area contributed by atoms with Gasteiger partial charge in [0.1, 0.15) is 11.6 Å². The molecular weight excluding hydrogens is 386 g/mol. The fraction of sp³-hybridized carbons (Fsp3) is 0.520. The molecule has 4 rings (SSSR count). The third-order valence-corrected chi connectivity index (χ3v) is 6.21. The van der Waals surface area contributed by atoms with Crippen LogP contribution in [0.25, 0.3) is 0 Å². The van der Waals surface area contributed by atoms with Crippen molar-refractivity contribution in [1.82, 2.24) is 9.78 Å². The molecule has 1 unspecified atom stereocenters. The number of piperidine rings is 1. The third-order valence-electron chi connectivity index (χ3n) is 6.21. The molecule has 2 aromatic rings. The number of nitrogens with two attached hydrogens (primary N) is 1. The highest BCUT2D eigenvalue weighted by molar-refractivity contribution is 5.58.